The van der Waals surface area contributed by atoms with Crippen LogP contribution in [0.4, 0.5) is 5.82 Å². The Morgan fingerprint density at radius 3 is 2.86 bits per heavy atom. The van der Waals surface area contributed by atoms with Gasteiger partial charge < -0.3 is 14.8 Å². The summed E-state index contributed by atoms with van der Waals surface area (Å²) in [6, 6.07) is 11.3. The number of para-hydroxylation sites is 1. The number of nitrogens with one attached hydrogen (secondary N) is 2. The number of fused-ring (bicyclic) bond motifs is 1. The van der Waals surface area contributed by atoms with E-state index in [2.05, 4.69) is 20.4 Å². The van der Waals surface area contributed by atoms with E-state index in [1.165, 1.54) is 16.0 Å². The van der Waals surface area contributed by atoms with Crippen molar-refractivity contribution in [3.05, 3.63) is 69.0 Å². The molecule has 1 aliphatic rings. The second-order valence-electron chi connectivity index (χ2n) is 9.02. The van der Waals surface area contributed by atoms with E-state index in [-0.39, 0.29) is 29.6 Å². The van der Waals surface area contributed by atoms with Gasteiger partial charge >= 0.3 is 0 Å². The van der Waals surface area contributed by atoms with E-state index in [1.807, 2.05) is 43.5 Å². The number of anilines is 1. The van der Waals surface area contributed by atoms with E-state index >= 15 is 0 Å². The fourth-order valence-corrected chi connectivity index (χ4v) is 4.61. The van der Waals surface area contributed by atoms with Gasteiger partial charge in [0.1, 0.15) is 17.1 Å². The number of hydrogen-bond donors (Lipinski definition) is 2. The van der Waals surface area contributed by atoms with Gasteiger partial charge in [0.15, 0.2) is 18.1 Å². The van der Waals surface area contributed by atoms with Gasteiger partial charge in [-0.2, -0.15) is 9.78 Å². The van der Waals surface area contributed by atoms with Gasteiger partial charge in [0.05, 0.1) is 4.88 Å². The standard InChI is InChI=1S/C25H25N5O4S/c1-14-15(2)26-24(28-23(14)32)30-20(11-17(29-30)19-9-6-10-35-19)27-21(31)13-33-18-8-5-7-16-12-25(3,4)34-22(16)18/h5-11H,12-13H2,1-4H3,(H,27,31)(H,26,28,32). The summed E-state index contributed by atoms with van der Waals surface area (Å²) >= 11 is 1.52. The first kappa shape index (κ1) is 22.9. The van der Waals surface area contributed by atoms with Gasteiger partial charge in [-0.1, -0.05) is 18.2 Å². The lowest BCUT2D eigenvalue weighted by molar-refractivity contribution is -0.118. The van der Waals surface area contributed by atoms with Gasteiger partial charge in [-0.15, -0.1) is 11.3 Å². The van der Waals surface area contributed by atoms with Crippen LogP contribution in [-0.4, -0.2) is 37.9 Å². The summed E-state index contributed by atoms with van der Waals surface area (Å²) in [7, 11) is 0. The maximum Gasteiger partial charge on any atom is 0.263 e. The molecule has 0 aliphatic carbocycles. The molecular weight excluding hydrogens is 466 g/mol. The van der Waals surface area contributed by atoms with E-state index in [4.69, 9.17) is 9.47 Å². The van der Waals surface area contributed by atoms with Gasteiger partial charge in [-0.05, 0) is 45.2 Å². The first-order valence-corrected chi connectivity index (χ1v) is 12.0. The summed E-state index contributed by atoms with van der Waals surface area (Å²) < 4.78 is 13.3. The second kappa shape index (κ2) is 8.70. The third-order valence-electron chi connectivity index (χ3n) is 5.75. The number of carbonyl (C=O) groups is 1. The quantitative estimate of drug-likeness (QED) is 0.421. The number of aromatic amines is 1. The van der Waals surface area contributed by atoms with Crippen LogP contribution in [0.25, 0.3) is 16.5 Å². The molecule has 180 valence electrons. The average molecular weight is 492 g/mol. The van der Waals surface area contributed by atoms with E-state index in [1.54, 1.807) is 26.0 Å². The van der Waals surface area contributed by atoms with Crippen molar-refractivity contribution >= 4 is 23.1 Å². The smallest absolute Gasteiger partial charge is 0.263 e. The molecule has 4 aromatic rings. The molecule has 0 spiro atoms. The number of aromatic nitrogens is 4. The molecule has 5 rings (SSSR count). The summed E-state index contributed by atoms with van der Waals surface area (Å²) in [5, 5.41) is 9.37. The van der Waals surface area contributed by atoms with Crippen molar-refractivity contribution in [2.24, 2.45) is 0 Å². The van der Waals surface area contributed by atoms with E-state index in [0.717, 1.165) is 16.9 Å². The molecule has 2 N–H and O–H groups in total. The molecule has 1 amide bonds. The maximum absolute atomic E-state index is 12.9. The van der Waals surface area contributed by atoms with Crippen LogP contribution in [0.3, 0.4) is 0 Å². The molecule has 10 heteroatoms. The lowest BCUT2D eigenvalue weighted by atomic mass is 10.0. The zero-order valence-electron chi connectivity index (χ0n) is 19.8. The molecule has 0 saturated carbocycles. The highest BCUT2D eigenvalue weighted by atomic mass is 32.1. The number of benzene rings is 1. The molecule has 1 aromatic carbocycles. The second-order valence-corrected chi connectivity index (χ2v) is 9.97. The topological polar surface area (TPSA) is 111 Å². The molecular formula is C25H25N5O4S. The van der Waals surface area contributed by atoms with Gasteiger partial charge in [0, 0.05) is 29.3 Å². The van der Waals surface area contributed by atoms with Crippen molar-refractivity contribution in [3.63, 3.8) is 0 Å². The molecule has 0 atom stereocenters. The minimum atomic E-state index is -0.384. The first-order valence-electron chi connectivity index (χ1n) is 11.2. The zero-order valence-corrected chi connectivity index (χ0v) is 20.7. The lowest BCUT2D eigenvalue weighted by Gasteiger charge is -2.18. The Morgan fingerprint density at radius 1 is 1.29 bits per heavy atom. The normalized spacial score (nSPS) is 13.8. The summed E-state index contributed by atoms with van der Waals surface area (Å²) in [4.78, 5) is 33.3. The van der Waals surface area contributed by atoms with Crippen molar-refractivity contribution in [1.82, 2.24) is 19.7 Å². The Labute approximate surface area is 205 Å². The molecule has 4 heterocycles. The van der Waals surface area contributed by atoms with E-state index < -0.39 is 0 Å². The Hall–Kier alpha value is -3.92. The SMILES string of the molecule is Cc1nc(-n2nc(-c3cccs3)cc2NC(=O)COc2cccc3c2OC(C)(C)C3)[nH]c(=O)c1C. The van der Waals surface area contributed by atoms with Crippen LogP contribution in [-0.2, 0) is 11.2 Å². The lowest BCUT2D eigenvalue weighted by Crippen LogP contribution is -2.25. The number of nitrogens with zero attached hydrogens (tertiary/aromatic N) is 3. The number of rotatable bonds is 6. The summed E-state index contributed by atoms with van der Waals surface area (Å²) in [5.41, 5.74) is 2.23. The summed E-state index contributed by atoms with van der Waals surface area (Å²) in [6.07, 6.45) is 0.775. The molecule has 0 saturated heterocycles. The highest BCUT2D eigenvalue weighted by Crippen LogP contribution is 2.41. The van der Waals surface area contributed by atoms with Crippen molar-refractivity contribution < 1.29 is 14.3 Å². The molecule has 0 bridgehead atoms. The largest absolute Gasteiger partial charge is 0.483 e. The fourth-order valence-electron chi connectivity index (χ4n) is 3.93. The minimum absolute atomic E-state index is 0.216. The number of ether oxygens (including phenoxy) is 2. The molecule has 1 aliphatic heterocycles. The third-order valence-corrected chi connectivity index (χ3v) is 6.64. The van der Waals surface area contributed by atoms with E-state index in [0.29, 0.717) is 34.3 Å². The number of carbonyl (C=O) groups excluding carboxylic acids is 1. The number of thiophene rings is 1. The minimum Gasteiger partial charge on any atom is -0.483 e. The monoisotopic (exact) mass is 491 g/mol. The Bertz CT molecular complexity index is 1470. The Balaban J connectivity index is 1.40. The van der Waals surface area contributed by atoms with Crippen LogP contribution in [0.2, 0.25) is 0 Å². The summed E-state index contributed by atoms with van der Waals surface area (Å²) in [5.74, 6) is 1.39. The molecule has 35 heavy (non-hydrogen) atoms. The van der Waals surface area contributed by atoms with Crippen LogP contribution in [0.1, 0.15) is 30.7 Å². The van der Waals surface area contributed by atoms with Gasteiger partial charge in [-0.25, -0.2) is 4.98 Å². The zero-order chi connectivity index (χ0) is 24.7. The Kier molecular flexibility index (Phi) is 5.68. The molecule has 0 fully saturated rings. The predicted octanol–water partition coefficient (Wildman–Crippen LogP) is 4.03. The van der Waals surface area contributed by atoms with Crippen molar-refractivity contribution in [1.29, 1.82) is 0 Å². The van der Waals surface area contributed by atoms with Crippen LogP contribution < -0.4 is 20.3 Å². The van der Waals surface area contributed by atoms with Crippen LogP contribution in [0, 0.1) is 13.8 Å². The molecule has 0 unspecified atom stereocenters. The molecule has 0 radical (unpaired) electrons. The first-order chi connectivity index (χ1) is 16.7. The van der Waals surface area contributed by atoms with Crippen LogP contribution in [0.15, 0.2) is 46.6 Å². The number of amides is 1. The summed E-state index contributed by atoms with van der Waals surface area (Å²) in [6.45, 7) is 7.26. The number of H-pyrrole nitrogens is 1. The fraction of sp³-hybridized carbons (Fsp3) is 0.280. The highest BCUT2D eigenvalue weighted by Gasteiger charge is 2.32. The number of aryl methyl sites for hydroxylation is 1. The van der Waals surface area contributed by atoms with E-state index in [9.17, 15) is 9.59 Å². The van der Waals surface area contributed by atoms with Crippen molar-refractivity contribution in [2.75, 3.05) is 11.9 Å². The maximum atomic E-state index is 12.9. The Morgan fingerprint density at radius 2 is 2.11 bits per heavy atom. The van der Waals surface area contributed by atoms with Gasteiger partial charge in [-0.3, -0.25) is 14.6 Å². The van der Waals surface area contributed by atoms with Gasteiger partial charge in [0.25, 0.3) is 11.5 Å². The van der Waals surface area contributed by atoms with Crippen molar-refractivity contribution in [3.8, 4) is 28.0 Å². The number of hydrogen-bond acceptors (Lipinski definition) is 7. The van der Waals surface area contributed by atoms with Crippen LogP contribution in [0.5, 0.6) is 11.5 Å². The molecule has 9 nitrogen and oxygen atoms in total. The predicted molar refractivity (Wildman–Crippen MR) is 134 cm³/mol. The van der Waals surface area contributed by atoms with Gasteiger partial charge in [0.2, 0.25) is 5.95 Å². The third kappa shape index (κ3) is 4.57. The van der Waals surface area contributed by atoms with Crippen molar-refractivity contribution in [2.45, 2.75) is 39.7 Å². The average Bonchev–Trinajstić information content (AvgIpc) is 3.53. The molecule has 3 aromatic heterocycles. The highest BCUT2D eigenvalue weighted by molar-refractivity contribution is 7.13. The van der Waals surface area contributed by atoms with Crippen LogP contribution >= 0.6 is 11.3 Å².